The van der Waals surface area contributed by atoms with Crippen molar-refractivity contribution >= 4 is 22.4 Å². The second kappa shape index (κ2) is 8.07. The van der Waals surface area contributed by atoms with Crippen LogP contribution in [0.4, 0.5) is 5.69 Å². The summed E-state index contributed by atoms with van der Waals surface area (Å²) in [6, 6.07) is 19.0. The fourth-order valence-electron chi connectivity index (χ4n) is 3.57. The summed E-state index contributed by atoms with van der Waals surface area (Å²) in [4.78, 5) is 26.3. The van der Waals surface area contributed by atoms with Crippen LogP contribution in [0, 0.1) is 0 Å². The van der Waals surface area contributed by atoms with Crippen LogP contribution in [0.15, 0.2) is 71.5 Å². The van der Waals surface area contributed by atoms with Crippen molar-refractivity contribution in [2.24, 2.45) is 0 Å². The van der Waals surface area contributed by atoms with Gasteiger partial charge in [-0.15, -0.1) is 0 Å². The van der Waals surface area contributed by atoms with Crippen molar-refractivity contribution in [2.45, 2.75) is 0 Å². The van der Waals surface area contributed by atoms with E-state index in [-0.39, 0.29) is 11.3 Å². The lowest BCUT2D eigenvalue weighted by Crippen LogP contribution is -2.26. The van der Waals surface area contributed by atoms with E-state index in [1.54, 1.807) is 73.8 Å². The lowest BCUT2D eigenvalue weighted by molar-refractivity contribution is 0.102. The Morgan fingerprint density at radius 3 is 2.44 bits per heavy atom. The summed E-state index contributed by atoms with van der Waals surface area (Å²) in [6.07, 6.45) is 0. The number of ether oxygens (including phenoxy) is 3. The molecule has 32 heavy (non-hydrogen) atoms. The zero-order valence-corrected chi connectivity index (χ0v) is 17.2. The van der Waals surface area contributed by atoms with E-state index in [0.29, 0.717) is 52.6 Å². The predicted octanol–water partition coefficient (Wildman–Crippen LogP) is 3.42. The van der Waals surface area contributed by atoms with Crippen molar-refractivity contribution in [2.75, 3.05) is 25.6 Å². The van der Waals surface area contributed by atoms with Crippen LogP contribution in [-0.2, 0) is 0 Å². The average molecular weight is 429 g/mol. The van der Waals surface area contributed by atoms with Gasteiger partial charge in [0.1, 0.15) is 19.0 Å². The number of carbonyl (C=O) groups excluding carboxylic acids is 1. The van der Waals surface area contributed by atoms with Crippen molar-refractivity contribution in [1.82, 2.24) is 9.78 Å². The molecule has 5 rings (SSSR count). The van der Waals surface area contributed by atoms with E-state index in [1.807, 2.05) is 0 Å². The van der Waals surface area contributed by atoms with E-state index in [2.05, 4.69) is 10.4 Å². The molecule has 8 heteroatoms. The molecule has 0 fully saturated rings. The second-order valence-corrected chi connectivity index (χ2v) is 7.12. The van der Waals surface area contributed by atoms with E-state index >= 15 is 0 Å². The first-order chi connectivity index (χ1) is 15.6. The molecule has 0 unspecified atom stereocenters. The summed E-state index contributed by atoms with van der Waals surface area (Å²) in [5.74, 6) is 1.40. The quantitative estimate of drug-likeness (QED) is 0.535. The highest BCUT2D eigenvalue weighted by Crippen LogP contribution is 2.32. The number of nitrogens with one attached hydrogen (secondary N) is 1. The molecule has 1 aliphatic heterocycles. The first kappa shape index (κ1) is 19.6. The van der Waals surface area contributed by atoms with Gasteiger partial charge in [-0.3, -0.25) is 9.59 Å². The molecule has 0 bridgehead atoms. The van der Waals surface area contributed by atoms with Crippen LogP contribution < -0.4 is 25.1 Å². The Morgan fingerprint density at radius 2 is 1.69 bits per heavy atom. The first-order valence-corrected chi connectivity index (χ1v) is 10.0. The van der Waals surface area contributed by atoms with Gasteiger partial charge in [0.15, 0.2) is 17.2 Å². The topological polar surface area (TPSA) is 91.7 Å². The van der Waals surface area contributed by atoms with E-state index in [4.69, 9.17) is 14.2 Å². The standard InChI is InChI=1S/C24H19N3O5/c1-30-17-9-7-16(8-10-17)27-24(29)19-5-3-2-4-18(19)22(26-27)23(28)25-15-6-11-20-21(14-15)32-13-12-31-20/h2-11,14H,12-13H2,1H3,(H,25,28). The minimum absolute atomic E-state index is 0.130. The molecule has 4 aromatic rings. The molecule has 2 heterocycles. The molecule has 160 valence electrons. The molecule has 1 N–H and O–H groups in total. The minimum atomic E-state index is -0.444. The van der Waals surface area contributed by atoms with E-state index in [9.17, 15) is 9.59 Å². The monoisotopic (exact) mass is 429 g/mol. The summed E-state index contributed by atoms with van der Waals surface area (Å²) in [5, 5.41) is 8.11. The summed E-state index contributed by atoms with van der Waals surface area (Å²) >= 11 is 0. The SMILES string of the molecule is COc1ccc(-n2nc(C(=O)Nc3ccc4c(c3)OCCO4)c3ccccc3c2=O)cc1. The van der Waals surface area contributed by atoms with Crippen LogP contribution in [0.1, 0.15) is 10.5 Å². The Balaban J connectivity index is 1.57. The predicted molar refractivity (Wildman–Crippen MR) is 119 cm³/mol. The Bertz CT molecular complexity index is 1380. The van der Waals surface area contributed by atoms with E-state index in [1.165, 1.54) is 4.68 Å². The number of amides is 1. The molecule has 1 aliphatic rings. The Hall–Kier alpha value is -4.33. The van der Waals surface area contributed by atoms with Gasteiger partial charge >= 0.3 is 0 Å². The average Bonchev–Trinajstić information content (AvgIpc) is 2.84. The number of hydrogen-bond acceptors (Lipinski definition) is 6. The molecular formula is C24H19N3O5. The summed E-state index contributed by atoms with van der Waals surface area (Å²) in [7, 11) is 1.57. The molecule has 0 aliphatic carbocycles. The molecule has 0 radical (unpaired) electrons. The number of rotatable bonds is 4. The van der Waals surface area contributed by atoms with Crippen molar-refractivity contribution in [3.8, 4) is 22.9 Å². The number of carbonyl (C=O) groups is 1. The van der Waals surface area contributed by atoms with Gasteiger partial charge in [0.2, 0.25) is 0 Å². The molecule has 3 aromatic carbocycles. The van der Waals surface area contributed by atoms with Gasteiger partial charge < -0.3 is 19.5 Å². The number of benzene rings is 3. The maximum absolute atomic E-state index is 13.2. The molecule has 8 nitrogen and oxygen atoms in total. The number of hydrogen-bond donors (Lipinski definition) is 1. The molecule has 0 atom stereocenters. The van der Waals surface area contributed by atoms with E-state index in [0.717, 1.165) is 0 Å². The number of methoxy groups -OCH3 is 1. The largest absolute Gasteiger partial charge is 0.497 e. The van der Waals surface area contributed by atoms with Crippen molar-refractivity contribution in [3.05, 3.63) is 82.8 Å². The van der Waals surface area contributed by atoms with Crippen molar-refractivity contribution in [3.63, 3.8) is 0 Å². The van der Waals surface area contributed by atoms with Gasteiger partial charge in [-0.05, 0) is 42.5 Å². The van der Waals surface area contributed by atoms with Gasteiger partial charge in [-0.2, -0.15) is 9.78 Å². The van der Waals surface area contributed by atoms with Crippen molar-refractivity contribution in [1.29, 1.82) is 0 Å². The fourth-order valence-corrected chi connectivity index (χ4v) is 3.57. The number of nitrogens with zero attached hydrogens (tertiary/aromatic N) is 2. The van der Waals surface area contributed by atoms with Crippen LogP contribution in [0.2, 0.25) is 0 Å². The maximum Gasteiger partial charge on any atom is 0.279 e. The third-order valence-electron chi connectivity index (χ3n) is 5.14. The minimum Gasteiger partial charge on any atom is -0.497 e. The Labute approximate surface area is 183 Å². The van der Waals surface area contributed by atoms with Gasteiger partial charge in [0.25, 0.3) is 11.5 Å². The lowest BCUT2D eigenvalue weighted by atomic mass is 10.1. The number of aromatic nitrogens is 2. The highest BCUT2D eigenvalue weighted by atomic mass is 16.6. The van der Waals surface area contributed by atoms with Gasteiger partial charge in [0, 0.05) is 17.1 Å². The molecule has 0 saturated carbocycles. The highest BCUT2D eigenvalue weighted by Gasteiger charge is 2.19. The lowest BCUT2D eigenvalue weighted by Gasteiger charge is -2.19. The third-order valence-corrected chi connectivity index (χ3v) is 5.14. The van der Waals surface area contributed by atoms with E-state index < -0.39 is 5.91 Å². The molecule has 1 amide bonds. The summed E-state index contributed by atoms with van der Waals surface area (Å²) in [5.41, 5.74) is 0.870. The fraction of sp³-hybridized carbons (Fsp3) is 0.125. The molecular weight excluding hydrogens is 410 g/mol. The maximum atomic E-state index is 13.2. The van der Waals surface area contributed by atoms with Gasteiger partial charge in [0.05, 0.1) is 18.2 Å². The second-order valence-electron chi connectivity index (χ2n) is 7.12. The number of fused-ring (bicyclic) bond motifs is 2. The van der Waals surface area contributed by atoms with Crippen LogP contribution in [-0.4, -0.2) is 36.0 Å². The van der Waals surface area contributed by atoms with Crippen LogP contribution in [0.5, 0.6) is 17.2 Å². The van der Waals surface area contributed by atoms with Crippen LogP contribution >= 0.6 is 0 Å². The molecule has 0 spiro atoms. The van der Waals surface area contributed by atoms with Crippen molar-refractivity contribution < 1.29 is 19.0 Å². The molecule has 1 aromatic heterocycles. The van der Waals surface area contributed by atoms with Crippen LogP contribution in [0.25, 0.3) is 16.5 Å². The first-order valence-electron chi connectivity index (χ1n) is 10.0. The normalized spacial score (nSPS) is 12.4. The smallest absolute Gasteiger partial charge is 0.279 e. The van der Waals surface area contributed by atoms with Crippen LogP contribution in [0.3, 0.4) is 0 Å². The third kappa shape index (κ3) is 3.51. The Morgan fingerprint density at radius 1 is 0.969 bits per heavy atom. The Kier molecular flexibility index (Phi) is 4.95. The van der Waals surface area contributed by atoms with Gasteiger partial charge in [-0.25, -0.2) is 0 Å². The highest BCUT2D eigenvalue weighted by molar-refractivity contribution is 6.11. The zero-order valence-electron chi connectivity index (χ0n) is 17.2. The summed E-state index contributed by atoms with van der Waals surface area (Å²) in [6.45, 7) is 0.935. The zero-order chi connectivity index (χ0) is 22.1. The number of anilines is 1. The van der Waals surface area contributed by atoms with Gasteiger partial charge in [-0.1, -0.05) is 18.2 Å². The molecule has 0 saturated heterocycles. The summed E-state index contributed by atoms with van der Waals surface area (Å²) < 4.78 is 17.5.